The molecular weight excluding hydrogens is 188 g/mol. The number of methoxy groups -OCH3 is 1. The van der Waals surface area contributed by atoms with Gasteiger partial charge in [-0.25, -0.2) is 0 Å². The summed E-state index contributed by atoms with van der Waals surface area (Å²) in [5, 5.41) is 8.85. The predicted molar refractivity (Wildman–Crippen MR) is 60.0 cm³/mol. The van der Waals surface area contributed by atoms with Gasteiger partial charge in [0.05, 0.1) is 24.4 Å². The summed E-state index contributed by atoms with van der Waals surface area (Å²) in [6.45, 7) is 1.91. The fourth-order valence-electron chi connectivity index (χ4n) is 1.27. The SMILES string of the molecule is CC/C(C#N)=C(/N)c1ccc(OC)cc1. The zero-order valence-electron chi connectivity index (χ0n) is 8.95. The number of rotatable bonds is 3. The standard InChI is InChI=1S/C12H14N2O/c1-3-9(8-13)12(14)10-4-6-11(15-2)7-5-10/h4-7H,3,14H2,1-2H3/b12-9-. The topological polar surface area (TPSA) is 59.0 Å². The van der Waals surface area contributed by atoms with Gasteiger partial charge in [-0.3, -0.25) is 0 Å². The molecule has 15 heavy (non-hydrogen) atoms. The van der Waals surface area contributed by atoms with Crippen LogP contribution < -0.4 is 10.5 Å². The van der Waals surface area contributed by atoms with Gasteiger partial charge in [-0.2, -0.15) is 5.26 Å². The number of hydrogen-bond donors (Lipinski definition) is 1. The Balaban J connectivity index is 3.07. The average Bonchev–Trinajstić information content (AvgIpc) is 2.30. The van der Waals surface area contributed by atoms with Gasteiger partial charge < -0.3 is 10.5 Å². The van der Waals surface area contributed by atoms with Gasteiger partial charge in [0.2, 0.25) is 0 Å². The number of nitriles is 1. The van der Waals surface area contributed by atoms with Crippen LogP contribution in [0, 0.1) is 11.3 Å². The Morgan fingerprint density at radius 2 is 2.00 bits per heavy atom. The molecule has 2 N–H and O–H groups in total. The minimum atomic E-state index is 0.544. The zero-order valence-corrected chi connectivity index (χ0v) is 8.95. The quantitative estimate of drug-likeness (QED) is 0.765. The molecule has 0 atom stereocenters. The number of allylic oxidation sites excluding steroid dienone is 1. The third kappa shape index (κ3) is 2.50. The molecule has 0 radical (unpaired) electrons. The molecule has 0 aliphatic heterocycles. The molecule has 0 aliphatic rings. The van der Waals surface area contributed by atoms with Crippen molar-refractivity contribution in [2.45, 2.75) is 13.3 Å². The van der Waals surface area contributed by atoms with E-state index in [0.717, 1.165) is 11.3 Å². The maximum absolute atomic E-state index is 8.85. The smallest absolute Gasteiger partial charge is 0.118 e. The van der Waals surface area contributed by atoms with E-state index in [0.29, 0.717) is 17.7 Å². The highest BCUT2D eigenvalue weighted by atomic mass is 16.5. The first-order chi connectivity index (χ1) is 7.22. The maximum atomic E-state index is 8.85. The van der Waals surface area contributed by atoms with Crippen molar-refractivity contribution >= 4 is 5.70 Å². The summed E-state index contributed by atoms with van der Waals surface area (Å²) < 4.78 is 5.04. The van der Waals surface area contributed by atoms with Crippen molar-refractivity contribution in [1.82, 2.24) is 0 Å². The van der Waals surface area contributed by atoms with Crippen LogP contribution in [-0.2, 0) is 0 Å². The van der Waals surface area contributed by atoms with Gasteiger partial charge in [0.15, 0.2) is 0 Å². The molecule has 0 saturated carbocycles. The molecule has 0 unspecified atom stereocenters. The second kappa shape index (κ2) is 5.06. The molecule has 78 valence electrons. The molecule has 0 spiro atoms. The molecule has 1 rings (SSSR count). The minimum Gasteiger partial charge on any atom is -0.497 e. The van der Waals surface area contributed by atoms with Gasteiger partial charge in [-0.15, -0.1) is 0 Å². The van der Waals surface area contributed by atoms with Crippen LogP contribution in [0.5, 0.6) is 5.75 Å². The fraction of sp³-hybridized carbons (Fsp3) is 0.250. The summed E-state index contributed by atoms with van der Waals surface area (Å²) in [6, 6.07) is 9.45. The molecule has 0 amide bonds. The highest BCUT2D eigenvalue weighted by Gasteiger charge is 2.03. The minimum absolute atomic E-state index is 0.544. The molecule has 3 nitrogen and oxygen atoms in total. The van der Waals surface area contributed by atoms with Crippen molar-refractivity contribution in [3.05, 3.63) is 35.4 Å². The summed E-state index contributed by atoms with van der Waals surface area (Å²) in [5.74, 6) is 0.779. The molecule has 0 saturated heterocycles. The summed E-state index contributed by atoms with van der Waals surface area (Å²) in [5.41, 5.74) is 7.88. The van der Waals surface area contributed by atoms with Crippen molar-refractivity contribution < 1.29 is 4.74 Å². The molecule has 0 heterocycles. The molecule has 3 heteroatoms. The molecule has 1 aromatic rings. The van der Waals surface area contributed by atoms with E-state index in [-0.39, 0.29) is 0 Å². The van der Waals surface area contributed by atoms with E-state index in [1.165, 1.54) is 0 Å². The van der Waals surface area contributed by atoms with Crippen LogP contribution in [0.15, 0.2) is 29.8 Å². The first-order valence-electron chi connectivity index (χ1n) is 4.76. The fourth-order valence-corrected chi connectivity index (χ4v) is 1.27. The third-order valence-corrected chi connectivity index (χ3v) is 2.21. The van der Waals surface area contributed by atoms with Crippen molar-refractivity contribution in [3.63, 3.8) is 0 Å². The summed E-state index contributed by atoms with van der Waals surface area (Å²) in [7, 11) is 1.61. The lowest BCUT2D eigenvalue weighted by atomic mass is 10.1. The third-order valence-electron chi connectivity index (χ3n) is 2.21. The number of benzene rings is 1. The number of hydrogen-bond acceptors (Lipinski definition) is 3. The Kier molecular flexibility index (Phi) is 3.75. The predicted octanol–water partition coefficient (Wildman–Crippen LogP) is 2.30. The number of ether oxygens (including phenoxy) is 1. The van der Waals surface area contributed by atoms with Gasteiger partial charge in [0, 0.05) is 0 Å². The largest absolute Gasteiger partial charge is 0.497 e. The monoisotopic (exact) mass is 202 g/mol. The van der Waals surface area contributed by atoms with E-state index in [4.69, 9.17) is 15.7 Å². The Morgan fingerprint density at radius 3 is 2.40 bits per heavy atom. The lowest BCUT2D eigenvalue weighted by Crippen LogP contribution is -2.00. The molecule has 0 aromatic heterocycles. The van der Waals surface area contributed by atoms with Crippen LogP contribution in [0.3, 0.4) is 0 Å². The first-order valence-corrected chi connectivity index (χ1v) is 4.76. The number of nitrogens with zero attached hydrogens (tertiary/aromatic N) is 1. The van der Waals surface area contributed by atoms with E-state index < -0.39 is 0 Å². The van der Waals surface area contributed by atoms with Gasteiger partial charge in [0.25, 0.3) is 0 Å². The van der Waals surface area contributed by atoms with Crippen LogP contribution in [0.4, 0.5) is 0 Å². The summed E-state index contributed by atoms with van der Waals surface area (Å²) in [4.78, 5) is 0. The molecule has 1 aromatic carbocycles. The van der Waals surface area contributed by atoms with E-state index in [9.17, 15) is 0 Å². The molecule has 0 fully saturated rings. The first kappa shape index (κ1) is 11.1. The van der Waals surface area contributed by atoms with Crippen molar-refractivity contribution in [3.8, 4) is 11.8 Å². The Morgan fingerprint density at radius 1 is 1.40 bits per heavy atom. The lowest BCUT2D eigenvalue weighted by Gasteiger charge is -2.05. The van der Waals surface area contributed by atoms with Crippen molar-refractivity contribution in [1.29, 1.82) is 5.26 Å². The molecular formula is C12H14N2O. The average molecular weight is 202 g/mol. The van der Waals surface area contributed by atoms with Crippen LogP contribution in [0.2, 0.25) is 0 Å². The second-order valence-corrected chi connectivity index (χ2v) is 3.09. The van der Waals surface area contributed by atoms with E-state index in [1.54, 1.807) is 7.11 Å². The van der Waals surface area contributed by atoms with E-state index in [2.05, 4.69) is 6.07 Å². The second-order valence-electron chi connectivity index (χ2n) is 3.09. The zero-order chi connectivity index (χ0) is 11.3. The van der Waals surface area contributed by atoms with Crippen molar-refractivity contribution in [2.24, 2.45) is 5.73 Å². The van der Waals surface area contributed by atoms with Gasteiger partial charge in [-0.1, -0.05) is 6.92 Å². The van der Waals surface area contributed by atoms with Gasteiger partial charge in [-0.05, 0) is 36.2 Å². The summed E-state index contributed by atoms with van der Waals surface area (Å²) in [6.07, 6.45) is 0.647. The molecule has 0 aliphatic carbocycles. The summed E-state index contributed by atoms with van der Waals surface area (Å²) >= 11 is 0. The van der Waals surface area contributed by atoms with Crippen LogP contribution >= 0.6 is 0 Å². The van der Waals surface area contributed by atoms with Crippen LogP contribution in [0.1, 0.15) is 18.9 Å². The number of nitrogens with two attached hydrogens (primary N) is 1. The Bertz CT molecular complexity index is 399. The maximum Gasteiger partial charge on any atom is 0.118 e. The lowest BCUT2D eigenvalue weighted by molar-refractivity contribution is 0.415. The Hall–Kier alpha value is -1.95. The molecule has 0 bridgehead atoms. The highest BCUT2D eigenvalue weighted by molar-refractivity contribution is 5.69. The van der Waals surface area contributed by atoms with Gasteiger partial charge in [0.1, 0.15) is 5.75 Å². The van der Waals surface area contributed by atoms with Crippen LogP contribution in [-0.4, -0.2) is 7.11 Å². The normalized spacial score (nSPS) is 11.5. The highest BCUT2D eigenvalue weighted by Crippen LogP contribution is 2.18. The van der Waals surface area contributed by atoms with Crippen LogP contribution in [0.25, 0.3) is 5.70 Å². The van der Waals surface area contributed by atoms with E-state index in [1.807, 2.05) is 31.2 Å². The van der Waals surface area contributed by atoms with Crippen molar-refractivity contribution in [2.75, 3.05) is 7.11 Å². The Labute approximate surface area is 89.8 Å². The van der Waals surface area contributed by atoms with E-state index >= 15 is 0 Å². The van der Waals surface area contributed by atoms with Gasteiger partial charge >= 0.3 is 0 Å².